The van der Waals surface area contributed by atoms with Gasteiger partial charge in [-0.3, -0.25) is 4.79 Å². The quantitative estimate of drug-likeness (QED) is 0.866. The van der Waals surface area contributed by atoms with Crippen LogP contribution in [-0.2, 0) is 11.2 Å². The monoisotopic (exact) mass is 327 g/mol. The molecule has 1 unspecified atom stereocenters. The van der Waals surface area contributed by atoms with E-state index in [0.717, 1.165) is 36.7 Å². The van der Waals surface area contributed by atoms with Gasteiger partial charge in [0.2, 0.25) is 5.91 Å². The maximum Gasteiger partial charge on any atom is 0.223 e. The van der Waals surface area contributed by atoms with Crippen molar-refractivity contribution in [3.8, 4) is 0 Å². The summed E-state index contributed by atoms with van der Waals surface area (Å²) in [7, 11) is 2.11. The van der Waals surface area contributed by atoms with E-state index in [1.807, 2.05) is 36.9 Å². The Balaban J connectivity index is 1.72. The fourth-order valence-corrected chi connectivity index (χ4v) is 3.41. The molecule has 5 nitrogen and oxygen atoms in total. The van der Waals surface area contributed by atoms with E-state index >= 15 is 0 Å². The number of hydrogen-bond donors (Lipinski definition) is 0. The number of rotatable bonds is 4. The summed E-state index contributed by atoms with van der Waals surface area (Å²) in [6.45, 7) is 6.40. The summed E-state index contributed by atoms with van der Waals surface area (Å²) >= 11 is 0. The predicted octanol–water partition coefficient (Wildman–Crippen LogP) is 2.74. The number of aryl methyl sites for hydroxylation is 2. The van der Waals surface area contributed by atoms with Crippen LogP contribution < -0.4 is 0 Å². The summed E-state index contributed by atoms with van der Waals surface area (Å²) in [6.07, 6.45) is 1.18. The third-order valence-corrected chi connectivity index (χ3v) is 4.86. The van der Waals surface area contributed by atoms with Crippen LogP contribution in [0.4, 0.5) is 0 Å². The topological polar surface area (TPSA) is 49.6 Å². The minimum Gasteiger partial charge on any atom is -0.361 e. The average molecular weight is 327 g/mol. The lowest BCUT2D eigenvalue weighted by Gasteiger charge is -2.40. The molecule has 128 valence electrons. The Kier molecular flexibility index (Phi) is 5.00. The fourth-order valence-electron chi connectivity index (χ4n) is 3.41. The molecule has 0 spiro atoms. The van der Waals surface area contributed by atoms with Crippen LogP contribution in [0.15, 0.2) is 34.9 Å². The maximum atomic E-state index is 12.9. The highest BCUT2D eigenvalue weighted by molar-refractivity contribution is 5.77. The molecule has 1 fully saturated rings. The highest BCUT2D eigenvalue weighted by atomic mass is 16.5. The van der Waals surface area contributed by atoms with Gasteiger partial charge in [0, 0.05) is 31.6 Å². The van der Waals surface area contributed by atoms with E-state index in [1.54, 1.807) is 0 Å². The molecule has 1 aliphatic rings. The summed E-state index contributed by atoms with van der Waals surface area (Å²) in [5.74, 6) is 1.02. The molecule has 24 heavy (non-hydrogen) atoms. The van der Waals surface area contributed by atoms with Crippen LogP contribution in [0, 0.1) is 13.8 Å². The second kappa shape index (κ2) is 7.18. The van der Waals surface area contributed by atoms with Gasteiger partial charge in [-0.25, -0.2) is 0 Å². The molecule has 0 bridgehead atoms. The zero-order valence-electron chi connectivity index (χ0n) is 14.7. The van der Waals surface area contributed by atoms with Gasteiger partial charge < -0.3 is 14.3 Å². The highest BCUT2D eigenvalue weighted by Gasteiger charge is 2.30. The highest BCUT2D eigenvalue weighted by Crippen LogP contribution is 2.26. The van der Waals surface area contributed by atoms with Crippen molar-refractivity contribution in [3.05, 3.63) is 52.9 Å². The summed E-state index contributed by atoms with van der Waals surface area (Å²) < 4.78 is 5.20. The molecule has 1 aromatic heterocycles. The second-order valence-corrected chi connectivity index (χ2v) is 6.58. The third kappa shape index (κ3) is 3.51. The molecular formula is C19H25N3O2. The van der Waals surface area contributed by atoms with E-state index in [2.05, 4.69) is 29.2 Å². The van der Waals surface area contributed by atoms with Crippen molar-refractivity contribution < 1.29 is 9.32 Å². The summed E-state index contributed by atoms with van der Waals surface area (Å²) in [4.78, 5) is 17.2. The van der Waals surface area contributed by atoms with Gasteiger partial charge in [0.1, 0.15) is 5.76 Å². The first-order valence-corrected chi connectivity index (χ1v) is 8.51. The lowest BCUT2D eigenvalue weighted by atomic mass is 10.0. The lowest BCUT2D eigenvalue weighted by molar-refractivity contribution is -0.136. The molecule has 5 heteroatoms. The Labute approximate surface area is 143 Å². The Hall–Kier alpha value is -2.14. The first kappa shape index (κ1) is 16.7. The van der Waals surface area contributed by atoms with E-state index in [-0.39, 0.29) is 11.9 Å². The molecule has 1 aliphatic heterocycles. The molecule has 0 radical (unpaired) electrons. The Morgan fingerprint density at radius 2 is 2.00 bits per heavy atom. The Morgan fingerprint density at radius 1 is 1.25 bits per heavy atom. The minimum atomic E-state index is 0.127. The maximum absolute atomic E-state index is 12.9. The average Bonchev–Trinajstić information content (AvgIpc) is 2.91. The molecular weight excluding hydrogens is 302 g/mol. The van der Waals surface area contributed by atoms with Gasteiger partial charge in [-0.2, -0.15) is 0 Å². The second-order valence-electron chi connectivity index (χ2n) is 6.58. The van der Waals surface area contributed by atoms with Crippen LogP contribution in [0.2, 0.25) is 0 Å². The first-order valence-electron chi connectivity index (χ1n) is 8.51. The van der Waals surface area contributed by atoms with Gasteiger partial charge in [0.15, 0.2) is 0 Å². The summed E-state index contributed by atoms with van der Waals surface area (Å²) in [5.41, 5.74) is 3.15. The van der Waals surface area contributed by atoms with Crippen molar-refractivity contribution in [2.24, 2.45) is 0 Å². The van der Waals surface area contributed by atoms with Crippen molar-refractivity contribution in [2.45, 2.75) is 32.7 Å². The van der Waals surface area contributed by atoms with Crippen molar-refractivity contribution in [1.29, 1.82) is 0 Å². The molecule has 0 aliphatic carbocycles. The van der Waals surface area contributed by atoms with Crippen LogP contribution in [-0.4, -0.2) is 47.5 Å². The number of carbonyl (C=O) groups excluding carboxylic acids is 1. The third-order valence-electron chi connectivity index (χ3n) is 4.86. The van der Waals surface area contributed by atoms with Gasteiger partial charge in [0.05, 0.1) is 11.7 Å². The molecule has 1 amide bonds. The van der Waals surface area contributed by atoms with Crippen molar-refractivity contribution >= 4 is 5.91 Å². The summed E-state index contributed by atoms with van der Waals surface area (Å²) in [5, 5.41) is 3.97. The molecule has 3 rings (SSSR count). The molecule has 0 saturated carbocycles. The Morgan fingerprint density at radius 3 is 2.67 bits per heavy atom. The van der Waals surface area contributed by atoms with Gasteiger partial charge in [-0.15, -0.1) is 0 Å². The molecule has 2 aromatic rings. The standard InChI is InChI=1S/C19H25N3O2/c1-14-17(15(2)24-20-14)9-10-19(23)22-12-11-21(3)13-18(22)16-7-5-4-6-8-16/h4-8,18H,9-13H2,1-3H3. The van der Waals surface area contributed by atoms with Crippen molar-refractivity contribution in [2.75, 3.05) is 26.7 Å². The van der Waals surface area contributed by atoms with Gasteiger partial charge >= 0.3 is 0 Å². The van der Waals surface area contributed by atoms with Crippen molar-refractivity contribution in [1.82, 2.24) is 15.0 Å². The predicted molar refractivity (Wildman–Crippen MR) is 92.7 cm³/mol. The van der Waals surface area contributed by atoms with Gasteiger partial charge in [-0.05, 0) is 32.9 Å². The van der Waals surface area contributed by atoms with Gasteiger partial charge in [0.25, 0.3) is 0 Å². The molecule has 2 heterocycles. The number of aromatic nitrogens is 1. The number of piperazine rings is 1. The van der Waals surface area contributed by atoms with Crippen LogP contribution in [0.5, 0.6) is 0 Å². The SMILES string of the molecule is Cc1noc(C)c1CCC(=O)N1CCN(C)CC1c1ccccc1. The van der Waals surface area contributed by atoms with E-state index in [4.69, 9.17) is 4.52 Å². The van der Waals surface area contributed by atoms with Crippen LogP contribution >= 0.6 is 0 Å². The van der Waals surface area contributed by atoms with Crippen LogP contribution in [0.3, 0.4) is 0 Å². The number of benzene rings is 1. The molecule has 1 aromatic carbocycles. The smallest absolute Gasteiger partial charge is 0.223 e. The van der Waals surface area contributed by atoms with Crippen LogP contribution in [0.25, 0.3) is 0 Å². The number of likely N-dealkylation sites (N-methyl/N-ethyl adjacent to an activating group) is 1. The normalized spacial score (nSPS) is 18.8. The van der Waals surface area contributed by atoms with Crippen molar-refractivity contribution in [3.63, 3.8) is 0 Å². The zero-order valence-corrected chi connectivity index (χ0v) is 14.7. The molecule has 1 atom stereocenters. The zero-order chi connectivity index (χ0) is 17.1. The number of nitrogens with zero attached hydrogens (tertiary/aromatic N) is 3. The van der Waals surface area contributed by atoms with E-state index < -0.39 is 0 Å². The number of hydrogen-bond acceptors (Lipinski definition) is 4. The number of carbonyl (C=O) groups is 1. The number of amides is 1. The molecule has 0 N–H and O–H groups in total. The van der Waals surface area contributed by atoms with E-state index in [9.17, 15) is 4.79 Å². The lowest BCUT2D eigenvalue weighted by Crippen LogP contribution is -2.49. The Bertz CT molecular complexity index is 676. The summed E-state index contributed by atoms with van der Waals surface area (Å²) in [6, 6.07) is 10.4. The van der Waals surface area contributed by atoms with E-state index in [1.165, 1.54) is 5.56 Å². The van der Waals surface area contributed by atoms with Crippen LogP contribution in [0.1, 0.15) is 35.0 Å². The first-order chi connectivity index (χ1) is 11.6. The minimum absolute atomic E-state index is 0.127. The largest absolute Gasteiger partial charge is 0.361 e. The fraction of sp³-hybridized carbons (Fsp3) is 0.474. The van der Waals surface area contributed by atoms with E-state index in [0.29, 0.717) is 12.8 Å². The van der Waals surface area contributed by atoms with Gasteiger partial charge in [-0.1, -0.05) is 35.5 Å². The molecule has 1 saturated heterocycles.